The molecular formula is C20H18F3N5OS. The van der Waals surface area contributed by atoms with Gasteiger partial charge in [-0.3, -0.25) is 4.79 Å². The van der Waals surface area contributed by atoms with E-state index < -0.39 is 11.9 Å². The first kappa shape index (κ1) is 20.4. The average molecular weight is 433 g/mol. The van der Waals surface area contributed by atoms with E-state index in [-0.39, 0.29) is 29.9 Å². The highest BCUT2D eigenvalue weighted by Crippen LogP contribution is 2.34. The quantitative estimate of drug-likeness (QED) is 0.614. The van der Waals surface area contributed by atoms with Crippen molar-refractivity contribution in [1.82, 2.24) is 24.8 Å². The Morgan fingerprint density at radius 3 is 2.83 bits per heavy atom. The number of amides is 1. The minimum atomic E-state index is -4.58. The highest BCUT2D eigenvalue weighted by atomic mass is 32.1. The summed E-state index contributed by atoms with van der Waals surface area (Å²) >= 11 is 1.32. The van der Waals surface area contributed by atoms with Crippen LogP contribution in [-0.4, -0.2) is 43.8 Å². The van der Waals surface area contributed by atoms with E-state index in [1.807, 2.05) is 0 Å². The Hall–Kier alpha value is -2.88. The Bertz CT molecular complexity index is 1050. The van der Waals surface area contributed by atoms with Crippen LogP contribution >= 0.6 is 11.3 Å². The van der Waals surface area contributed by atoms with Crippen molar-refractivity contribution >= 4 is 17.2 Å². The molecule has 0 aromatic carbocycles. The predicted molar refractivity (Wildman–Crippen MR) is 105 cm³/mol. The van der Waals surface area contributed by atoms with Crippen molar-refractivity contribution in [2.75, 3.05) is 13.1 Å². The molecule has 0 spiro atoms. The van der Waals surface area contributed by atoms with Crippen molar-refractivity contribution in [3.8, 4) is 10.6 Å². The molecule has 1 aliphatic heterocycles. The van der Waals surface area contributed by atoms with Gasteiger partial charge in [-0.25, -0.2) is 19.9 Å². The van der Waals surface area contributed by atoms with Crippen LogP contribution in [0.1, 0.15) is 46.3 Å². The van der Waals surface area contributed by atoms with Gasteiger partial charge in [-0.2, -0.15) is 13.2 Å². The summed E-state index contributed by atoms with van der Waals surface area (Å²) in [4.78, 5) is 31.4. The SMILES string of the molecule is Cc1ncncc1C(=O)N1CCC[C@H](c2nc(-c3cccs3)cc(C(F)(F)F)n2)C1. The molecule has 0 radical (unpaired) electrons. The molecule has 1 atom stereocenters. The van der Waals surface area contributed by atoms with Gasteiger partial charge in [0.1, 0.15) is 17.8 Å². The summed E-state index contributed by atoms with van der Waals surface area (Å²) < 4.78 is 40.4. The van der Waals surface area contributed by atoms with E-state index in [1.165, 1.54) is 23.9 Å². The number of nitrogens with zero attached hydrogens (tertiary/aromatic N) is 5. The number of carbonyl (C=O) groups is 1. The van der Waals surface area contributed by atoms with Gasteiger partial charge in [0, 0.05) is 25.2 Å². The molecule has 4 heterocycles. The van der Waals surface area contributed by atoms with Crippen LogP contribution in [0, 0.1) is 6.92 Å². The van der Waals surface area contributed by atoms with Gasteiger partial charge in [0.2, 0.25) is 0 Å². The lowest BCUT2D eigenvalue weighted by Gasteiger charge is -2.32. The third kappa shape index (κ3) is 4.18. The Morgan fingerprint density at radius 1 is 1.30 bits per heavy atom. The fourth-order valence-electron chi connectivity index (χ4n) is 3.49. The van der Waals surface area contributed by atoms with Crippen molar-refractivity contribution in [3.05, 3.63) is 58.9 Å². The molecule has 1 saturated heterocycles. The lowest BCUT2D eigenvalue weighted by molar-refractivity contribution is -0.141. The number of carbonyl (C=O) groups excluding carboxylic acids is 1. The van der Waals surface area contributed by atoms with Crippen LogP contribution in [0.15, 0.2) is 36.1 Å². The van der Waals surface area contributed by atoms with Crippen molar-refractivity contribution in [3.63, 3.8) is 0 Å². The molecule has 0 bridgehead atoms. The maximum atomic E-state index is 13.5. The standard InChI is InChI=1S/C20H18F3N5OS/c1-12-14(9-24-11-25-12)19(29)28-6-2-4-13(10-28)18-26-15(16-5-3-7-30-16)8-17(27-18)20(21,22)23/h3,5,7-9,11,13H,2,4,6,10H2,1H3/t13-/m0/s1. The first-order valence-corrected chi connectivity index (χ1v) is 10.3. The normalized spacial score (nSPS) is 17.2. The van der Waals surface area contributed by atoms with Gasteiger partial charge >= 0.3 is 6.18 Å². The predicted octanol–water partition coefficient (Wildman–Crippen LogP) is 4.34. The molecular weight excluding hydrogens is 415 g/mol. The van der Waals surface area contributed by atoms with Gasteiger partial charge in [-0.15, -0.1) is 11.3 Å². The van der Waals surface area contributed by atoms with Crippen LogP contribution in [0.4, 0.5) is 13.2 Å². The average Bonchev–Trinajstić information content (AvgIpc) is 3.28. The van der Waals surface area contributed by atoms with Gasteiger partial charge in [0.25, 0.3) is 5.91 Å². The number of alkyl halides is 3. The topological polar surface area (TPSA) is 71.9 Å². The van der Waals surface area contributed by atoms with Crippen LogP contribution < -0.4 is 0 Å². The molecule has 4 rings (SSSR count). The molecule has 0 aliphatic carbocycles. The number of aryl methyl sites for hydroxylation is 1. The zero-order chi connectivity index (χ0) is 21.3. The van der Waals surface area contributed by atoms with Gasteiger partial charge in [0.15, 0.2) is 0 Å². The van der Waals surface area contributed by atoms with Crippen molar-refractivity contribution in [2.24, 2.45) is 0 Å². The smallest absolute Gasteiger partial charge is 0.338 e. The van der Waals surface area contributed by atoms with Gasteiger partial charge in [-0.1, -0.05) is 6.07 Å². The lowest BCUT2D eigenvalue weighted by atomic mass is 9.96. The number of hydrogen-bond acceptors (Lipinski definition) is 6. The summed E-state index contributed by atoms with van der Waals surface area (Å²) in [5, 5.41) is 1.79. The van der Waals surface area contributed by atoms with Gasteiger partial charge in [0.05, 0.1) is 21.8 Å². The third-order valence-corrected chi connectivity index (χ3v) is 5.92. The maximum Gasteiger partial charge on any atom is 0.433 e. The monoisotopic (exact) mass is 433 g/mol. The molecule has 0 saturated carbocycles. The van der Waals surface area contributed by atoms with Gasteiger partial charge < -0.3 is 4.90 Å². The second-order valence-corrected chi connectivity index (χ2v) is 8.03. The number of likely N-dealkylation sites (tertiary alicyclic amines) is 1. The van der Waals surface area contributed by atoms with E-state index >= 15 is 0 Å². The van der Waals surface area contributed by atoms with Gasteiger partial charge in [-0.05, 0) is 37.3 Å². The minimum Gasteiger partial charge on any atom is -0.338 e. The first-order chi connectivity index (χ1) is 14.3. The summed E-state index contributed by atoms with van der Waals surface area (Å²) in [5.74, 6) is -0.497. The summed E-state index contributed by atoms with van der Waals surface area (Å²) in [6, 6.07) is 4.47. The fraction of sp³-hybridized carbons (Fsp3) is 0.350. The van der Waals surface area contributed by atoms with Crippen LogP contribution in [0.2, 0.25) is 0 Å². The number of thiophene rings is 1. The molecule has 6 nitrogen and oxygen atoms in total. The number of hydrogen-bond donors (Lipinski definition) is 0. The number of piperidine rings is 1. The highest BCUT2D eigenvalue weighted by molar-refractivity contribution is 7.13. The Labute approximate surface area is 174 Å². The van der Waals surface area contributed by atoms with Crippen LogP contribution in [-0.2, 0) is 6.18 Å². The van der Waals surface area contributed by atoms with Crippen LogP contribution in [0.25, 0.3) is 10.6 Å². The fourth-order valence-corrected chi connectivity index (χ4v) is 4.17. The third-order valence-electron chi connectivity index (χ3n) is 5.02. The molecule has 0 unspecified atom stereocenters. The van der Waals surface area contributed by atoms with E-state index in [0.717, 1.165) is 6.07 Å². The molecule has 30 heavy (non-hydrogen) atoms. The molecule has 0 N–H and O–H groups in total. The van der Waals surface area contributed by atoms with Crippen molar-refractivity contribution in [1.29, 1.82) is 0 Å². The molecule has 1 fully saturated rings. The minimum absolute atomic E-state index is 0.117. The van der Waals surface area contributed by atoms with Crippen LogP contribution in [0.5, 0.6) is 0 Å². The summed E-state index contributed by atoms with van der Waals surface area (Å²) in [5.41, 5.74) is 0.236. The lowest BCUT2D eigenvalue weighted by Crippen LogP contribution is -2.40. The summed E-state index contributed by atoms with van der Waals surface area (Å²) in [7, 11) is 0. The van der Waals surface area contributed by atoms with Crippen molar-refractivity contribution in [2.45, 2.75) is 31.9 Å². The summed E-state index contributed by atoms with van der Waals surface area (Å²) in [6.45, 7) is 2.48. The second kappa shape index (κ2) is 8.10. The van der Waals surface area contributed by atoms with E-state index in [0.29, 0.717) is 35.5 Å². The Kier molecular flexibility index (Phi) is 5.50. The molecule has 1 aliphatic rings. The van der Waals surface area contributed by atoms with E-state index in [4.69, 9.17) is 0 Å². The van der Waals surface area contributed by atoms with Crippen LogP contribution in [0.3, 0.4) is 0 Å². The summed E-state index contributed by atoms with van der Waals surface area (Å²) in [6.07, 6.45) is -0.486. The molecule has 1 amide bonds. The first-order valence-electron chi connectivity index (χ1n) is 9.39. The molecule has 3 aromatic rings. The van der Waals surface area contributed by atoms with E-state index in [1.54, 1.807) is 29.3 Å². The Morgan fingerprint density at radius 2 is 2.13 bits per heavy atom. The largest absolute Gasteiger partial charge is 0.433 e. The number of aromatic nitrogens is 4. The molecule has 156 valence electrons. The van der Waals surface area contributed by atoms with E-state index in [2.05, 4.69) is 19.9 Å². The Balaban J connectivity index is 1.65. The van der Waals surface area contributed by atoms with E-state index in [9.17, 15) is 18.0 Å². The highest BCUT2D eigenvalue weighted by Gasteiger charge is 2.36. The molecule has 3 aromatic heterocycles. The second-order valence-electron chi connectivity index (χ2n) is 7.08. The zero-order valence-electron chi connectivity index (χ0n) is 16.1. The number of halogens is 3. The maximum absolute atomic E-state index is 13.5. The zero-order valence-corrected chi connectivity index (χ0v) is 16.9. The molecule has 10 heteroatoms. The number of rotatable bonds is 3. The van der Waals surface area contributed by atoms with Crippen molar-refractivity contribution < 1.29 is 18.0 Å².